The molecule has 0 aromatic carbocycles. The van der Waals surface area contributed by atoms with Gasteiger partial charge in [-0.25, -0.2) is 4.98 Å². The van der Waals surface area contributed by atoms with Crippen LogP contribution in [0.3, 0.4) is 0 Å². The summed E-state index contributed by atoms with van der Waals surface area (Å²) in [4.78, 5) is 13.9. The first-order valence-electron chi connectivity index (χ1n) is 11.5. The quantitative estimate of drug-likeness (QED) is 0.492. The first-order valence-corrected chi connectivity index (χ1v) is 11.5. The number of rotatable bonds is 8. The highest BCUT2D eigenvalue weighted by molar-refractivity contribution is 6.10. The molecule has 1 aliphatic rings. The second kappa shape index (κ2) is 11.0. The van der Waals surface area contributed by atoms with Crippen molar-refractivity contribution in [3.8, 4) is 0 Å². The van der Waals surface area contributed by atoms with E-state index in [1.807, 2.05) is 30.5 Å². The molecule has 4 rings (SSSR count). The smallest absolute Gasteiger partial charge is 0.154 e. The maximum Gasteiger partial charge on any atom is 0.154 e. The summed E-state index contributed by atoms with van der Waals surface area (Å²) in [6, 6.07) is 7.79. The van der Waals surface area contributed by atoms with Crippen LogP contribution < -0.4 is 11.1 Å². The molecule has 0 bridgehead atoms. The van der Waals surface area contributed by atoms with Gasteiger partial charge in [-0.1, -0.05) is 13.8 Å². The Morgan fingerprint density at radius 2 is 2.03 bits per heavy atom. The maximum atomic E-state index is 5.90. The molecule has 0 amide bonds. The number of anilines is 2. The van der Waals surface area contributed by atoms with E-state index in [-0.39, 0.29) is 0 Å². The highest BCUT2D eigenvalue weighted by Gasteiger charge is 2.12. The molecule has 4 heterocycles. The fourth-order valence-electron chi connectivity index (χ4n) is 3.79. The minimum Gasteiger partial charge on any atom is -0.404 e. The number of hydrogen-bond donors (Lipinski definition) is 2. The molecule has 8 nitrogen and oxygen atoms in total. The van der Waals surface area contributed by atoms with Crippen molar-refractivity contribution in [1.82, 2.24) is 20.2 Å². The summed E-state index contributed by atoms with van der Waals surface area (Å²) in [6.07, 6.45) is 10.3. The van der Waals surface area contributed by atoms with Gasteiger partial charge in [0.25, 0.3) is 0 Å². The van der Waals surface area contributed by atoms with E-state index in [1.54, 1.807) is 18.6 Å². The molecule has 33 heavy (non-hydrogen) atoms. The fraction of sp³-hybridized carbons (Fsp3) is 0.400. The average Bonchev–Trinajstić information content (AvgIpc) is 2.84. The summed E-state index contributed by atoms with van der Waals surface area (Å²) < 4.78 is 5.42. The third kappa shape index (κ3) is 6.10. The summed E-state index contributed by atoms with van der Waals surface area (Å²) >= 11 is 0. The first kappa shape index (κ1) is 22.8. The Labute approximate surface area is 194 Å². The van der Waals surface area contributed by atoms with Crippen molar-refractivity contribution < 1.29 is 4.74 Å². The standard InChI is InChI=1S/C25H31N7O/c1-17(2)19-12-25(32-29-16-19)31-24-4-3-22-23(30-24)11-20(15-28-22)21(13-26)14-27-8-5-18-6-9-33-10-7-18/h3-4,11-18H,5-10,26H2,1-2H3,(H,30,31,32). The van der Waals surface area contributed by atoms with E-state index >= 15 is 0 Å². The van der Waals surface area contributed by atoms with Gasteiger partial charge in [0.15, 0.2) is 5.82 Å². The molecule has 0 spiro atoms. The van der Waals surface area contributed by atoms with Crippen LogP contribution in [0.15, 0.2) is 47.9 Å². The molecule has 0 aliphatic carbocycles. The van der Waals surface area contributed by atoms with E-state index in [4.69, 9.17) is 15.5 Å². The van der Waals surface area contributed by atoms with Crippen molar-refractivity contribution in [2.75, 3.05) is 25.1 Å². The molecule has 1 aliphatic heterocycles. The molecule has 1 saturated heterocycles. The summed E-state index contributed by atoms with van der Waals surface area (Å²) in [6.45, 7) is 6.76. The molecular weight excluding hydrogens is 414 g/mol. The van der Waals surface area contributed by atoms with Gasteiger partial charge in [-0.05, 0) is 60.9 Å². The molecule has 1 fully saturated rings. The van der Waals surface area contributed by atoms with Gasteiger partial charge < -0.3 is 15.8 Å². The Hall–Kier alpha value is -3.39. The molecule has 0 atom stereocenters. The van der Waals surface area contributed by atoms with Crippen LogP contribution in [0.4, 0.5) is 11.6 Å². The lowest BCUT2D eigenvalue weighted by atomic mass is 9.97. The summed E-state index contributed by atoms with van der Waals surface area (Å²) in [5.41, 5.74) is 10.3. The van der Waals surface area contributed by atoms with E-state index in [9.17, 15) is 0 Å². The Morgan fingerprint density at radius 3 is 2.82 bits per heavy atom. The van der Waals surface area contributed by atoms with Gasteiger partial charge in [0.2, 0.25) is 0 Å². The van der Waals surface area contributed by atoms with Gasteiger partial charge >= 0.3 is 0 Å². The molecule has 0 unspecified atom stereocenters. The number of aromatic nitrogens is 4. The Bertz CT molecular complexity index is 1140. The van der Waals surface area contributed by atoms with Crippen LogP contribution in [0, 0.1) is 5.92 Å². The van der Waals surface area contributed by atoms with E-state index in [1.165, 1.54) is 0 Å². The van der Waals surface area contributed by atoms with Crippen LogP contribution in [-0.4, -0.2) is 46.1 Å². The number of aliphatic imine (C=N–C) groups is 1. The predicted molar refractivity (Wildman–Crippen MR) is 133 cm³/mol. The highest BCUT2D eigenvalue weighted by Crippen LogP contribution is 2.22. The molecule has 172 valence electrons. The minimum atomic E-state index is 0.372. The minimum absolute atomic E-state index is 0.372. The first-order chi connectivity index (χ1) is 16.1. The fourth-order valence-corrected chi connectivity index (χ4v) is 3.79. The van der Waals surface area contributed by atoms with E-state index in [0.29, 0.717) is 23.5 Å². The molecule has 3 aromatic rings. The van der Waals surface area contributed by atoms with Crippen molar-refractivity contribution in [3.05, 3.63) is 54.0 Å². The second-order valence-corrected chi connectivity index (χ2v) is 8.61. The number of nitrogens with two attached hydrogens (primary N) is 1. The summed E-state index contributed by atoms with van der Waals surface area (Å²) in [5.74, 6) is 2.42. The van der Waals surface area contributed by atoms with Gasteiger partial charge in [-0.3, -0.25) is 9.98 Å². The zero-order valence-electron chi connectivity index (χ0n) is 19.2. The Balaban J connectivity index is 1.46. The normalized spacial score (nSPS) is 15.5. The topological polar surface area (TPSA) is 111 Å². The lowest BCUT2D eigenvalue weighted by molar-refractivity contribution is 0.0647. The number of hydrogen-bond acceptors (Lipinski definition) is 8. The van der Waals surface area contributed by atoms with Crippen LogP contribution in [0.25, 0.3) is 16.6 Å². The Morgan fingerprint density at radius 1 is 1.18 bits per heavy atom. The summed E-state index contributed by atoms with van der Waals surface area (Å²) in [5, 5.41) is 11.5. The summed E-state index contributed by atoms with van der Waals surface area (Å²) in [7, 11) is 0. The molecule has 8 heteroatoms. The van der Waals surface area contributed by atoms with E-state index in [0.717, 1.165) is 66.8 Å². The van der Waals surface area contributed by atoms with Crippen LogP contribution in [0.5, 0.6) is 0 Å². The lowest BCUT2D eigenvalue weighted by Gasteiger charge is -2.20. The van der Waals surface area contributed by atoms with Gasteiger partial charge in [0, 0.05) is 49.5 Å². The van der Waals surface area contributed by atoms with Crippen LogP contribution in [0.1, 0.15) is 50.2 Å². The zero-order valence-corrected chi connectivity index (χ0v) is 19.2. The number of ether oxygens (including phenoxy) is 1. The van der Waals surface area contributed by atoms with Gasteiger partial charge in [0.1, 0.15) is 5.82 Å². The van der Waals surface area contributed by atoms with E-state index < -0.39 is 0 Å². The monoisotopic (exact) mass is 445 g/mol. The zero-order chi connectivity index (χ0) is 23.0. The highest BCUT2D eigenvalue weighted by atomic mass is 16.5. The Kier molecular flexibility index (Phi) is 7.57. The van der Waals surface area contributed by atoms with Crippen molar-refractivity contribution >= 4 is 34.5 Å². The van der Waals surface area contributed by atoms with Crippen molar-refractivity contribution in [2.24, 2.45) is 16.6 Å². The van der Waals surface area contributed by atoms with Gasteiger partial charge in [0.05, 0.1) is 17.2 Å². The molecule has 3 aromatic heterocycles. The SMILES string of the molecule is CC(C)c1cnnc(Nc2ccc3ncc(C(C=NCCC4CCOCC4)=CN)cc3n2)c1. The van der Waals surface area contributed by atoms with Gasteiger partial charge in [-0.15, -0.1) is 5.10 Å². The largest absolute Gasteiger partial charge is 0.404 e. The van der Waals surface area contributed by atoms with Gasteiger partial charge in [-0.2, -0.15) is 5.10 Å². The lowest BCUT2D eigenvalue weighted by Crippen LogP contribution is -2.16. The number of nitrogens with zero attached hydrogens (tertiary/aromatic N) is 5. The second-order valence-electron chi connectivity index (χ2n) is 8.61. The number of nitrogens with one attached hydrogen (secondary N) is 1. The third-order valence-electron chi connectivity index (χ3n) is 5.89. The molecule has 3 N–H and O–H groups in total. The van der Waals surface area contributed by atoms with Crippen LogP contribution in [0.2, 0.25) is 0 Å². The third-order valence-corrected chi connectivity index (χ3v) is 5.89. The van der Waals surface area contributed by atoms with Crippen molar-refractivity contribution in [1.29, 1.82) is 0 Å². The van der Waals surface area contributed by atoms with Crippen LogP contribution in [-0.2, 0) is 4.74 Å². The van der Waals surface area contributed by atoms with Crippen molar-refractivity contribution in [2.45, 2.75) is 39.0 Å². The predicted octanol–water partition coefficient (Wildman–Crippen LogP) is 4.47. The molecular formula is C25H31N7O. The molecule has 0 saturated carbocycles. The molecule has 0 radical (unpaired) electrons. The number of fused-ring (bicyclic) bond motifs is 1. The van der Waals surface area contributed by atoms with Crippen LogP contribution >= 0.6 is 0 Å². The average molecular weight is 446 g/mol. The van der Waals surface area contributed by atoms with E-state index in [2.05, 4.69) is 39.3 Å². The van der Waals surface area contributed by atoms with Crippen molar-refractivity contribution in [3.63, 3.8) is 0 Å². The number of pyridine rings is 2. The number of allylic oxidation sites excluding steroid dienone is 1. The maximum absolute atomic E-state index is 5.90.